The van der Waals surface area contributed by atoms with Crippen LogP contribution in [0.2, 0.25) is 0 Å². The van der Waals surface area contributed by atoms with Crippen LogP contribution < -0.4 is 10.2 Å². The quantitative estimate of drug-likeness (QED) is 0.179. The number of hydrogen-bond acceptors (Lipinski definition) is 11. The number of hydrogen-bond donors (Lipinski definition) is 7. The van der Waals surface area contributed by atoms with Gasteiger partial charge < -0.3 is 49.6 Å². The first kappa shape index (κ1) is 22.8. The minimum Gasteiger partial charge on any atom is -0.508 e. The average molecular weight is 450 g/mol. The van der Waals surface area contributed by atoms with Crippen LogP contribution in [0, 0.1) is 0 Å². The van der Waals surface area contributed by atoms with Crippen molar-refractivity contribution >= 4 is 16.9 Å². The number of phenolic OH excluding ortho intramolecular Hbond substituents is 3. The molecule has 2 aromatic carbocycles. The van der Waals surface area contributed by atoms with Gasteiger partial charge in [0.15, 0.2) is 23.2 Å². The van der Waals surface area contributed by atoms with Gasteiger partial charge in [-0.1, -0.05) is 0 Å². The summed E-state index contributed by atoms with van der Waals surface area (Å²) in [4.78, 5) is 23.5. The molecule has 0 saturated heterocycles. The predicted molar refractivity (Wildman–Crippen MR) is 105 cm³/mol. The van der Waals surface area contributed by atoms with E-state index >= 15 is 0 Å². The smallest absolute Gasteiger partial charge is 0.338 e. The number of fused-ring (bicyclic) bond motifs is 1. The number of aliphatic carboxylic acids is 1. The highest BCUT2D eigenvalue weighted by molar-refractivity contribution is 5.89. The molecule has 0 spiro atoms. The van der Waals surface area contributed by atoms with Gasteiger partial charge >= 0.3 is 5.97 Å². The van der Waals surface area contributed by atoms with Crippen molar-refractivity contribution in [3.05, 3.63) is 46.6 Å². The van der Waals surface area contributed by atoms with Gasteiger partial charge in [0.05, 0.1) is 0 Å². The van der Waals surface area contributed by atoms with Crippen molar-refractivity contribution in [2.24, 2.45) is 0 Å². The minimum absolute atomic E-state index is 0.0159. The summed E-state index contributed by atoms with van der Waals surface area (Å²) in [5, 5.41) is 66.0. The number of carboxylic acids is 1. The number of rotatable bonds is 8. The van der Waals surface area contributed by atoms with Crippen molar-refractivity contribution < 1.29 is 54.4 Å². The zero-order valence-corrected chi connectivity index (χ0v) is 16.1. The van der Waals surface area contributed by atoms with Crippen molar-refractivity contribution in [3.63, 3.8) is 0 Å². The Balaban J connectivity index is 2.03. The summed E-state index contributed by atoms with van der Waals surface area (Å²) in [7, 11) is 0. The third kappa shape index (κ3) is 4.58. The Bertz CT molecular complexity index is 1180. The summed E-state index contributed by atoms with van der Waals surface area (Å²) in [6, 6.07) is 7.72. The van der Waals surface area contributed by atoms with Crippen LogP contribution in [0.15, 0.2) is 45.6 Å². The topological polar surface area (TPSA) is 207 Å². The number of ether oxygens (including phenoxy) is 2. The lowest BCUT2D eigenvalue weighted by Gasteiger charge is -2.23. The van der Waals surface area contributed by atoms with Crippen molar-refractivity contribution in [2.75, 3.05) is 6.61 Å². The predicted octanol–water partition coefficient (Wildman–Crippen LogP) is 0.0545. The van der Waals surface area contributed by atoms with Crippen molar-refractivity contribution in [1.82, 2.24) is 0 Å². The lowest BCUT2D eigenvalue weighted by molar-refractivity contribution is -0.220. The van der Waals surface area contributed by atoms with Crippen LogP contribution in [0.5, 0.6) is 23.0 Å². The number of aliphatic hydroxyl groups is 3. The largest absolute Gasteiger partial charge is 0.508 e. The molecule has 170 valence electrons. The molecule has 32 heavy (non-hydrogen) atoms. The Morgan fingerprint density at radius 2 is 1.69 bits per heavy atom. The van der Waals surface area contributed by atoms with Gasteiger partial charge in [-0.05, 0) is 24.3 Å². The first-order chi connectivity index (χ1) is 15.1. The van der Waals surface area contributed by atoms with Crippen LogP contribution in [-0.2, 0) is 9.53 Å². The van der Waals surface area contributed by atoms with Crippen LogP contribution in [0.1, 0.15) is 0 Å². The molecule has 0 aliphatic carbocycles. The second-order valence-electron chi connectivity index (χ2n) is 6.51. The molecule has 0 aliphatic rings. The third-order valence-corrected chi connectivity index (χ3v) is 4.30. The first-order valence-corrected chi connectivity index (χ1v) is 8.96. The SMILES string of the molecule is O=C(O)C(OC(CO)Oc1cc2oc(-c3ccc(O)cc3)cc(=O)c2c(O)c1O)C(O)O. The van der Waals surface area contributed by atoms with E-state index in [1.807, 2.05) is 0 Å². The molecule has 0 bridgehead atoms. The van der Waals surface area contributed by atoms with Gasteiger partial charge in [-0.3, -0.25) is 4.79 Å². The second-order valence-corrected chi connectivity index (χ2v) is 6.51. The van der Waals surface area contributed by atoms with Crippen LogP contribution in [0.25, 0.3) is 22.3 Å². The van der Waals surface area contributed by atoms with Gasteiger partial charge in [-0.25, -0.2) is 4.79 Å². The summed E-state index contributed by atoms with van der Waals surface area (Å²) >= 11 is 0. The Hall–Kier alpha value is -3.84. The molecule has 7 N–H and O–H groups in total. The van der Waals surface area contributed by atoms with E-state index in [0.29, 0.717) is 5.56 Å². The maximum absolute atomic E-state index is 12.5. The van der Waals surface area contributed by atoms with E-state index in [1.54, 1.807) is 0 Å². The van der Waals surface area contributed by atoms with Crippen LogP contribution in [0.3, 0.4) is 0 Å². The Morgan fingerprint density at radius 3 is 2.25 bits per heavy atom. The molecule has 12 heteroatoms. The van der Waals surface area contributed by atoms with E-state index in [2.05, 4.69) is 0 Å². The van der Waals surface area contributed by atoms with Crippen molar-refractivity contribution in [2.45, 2.75) is 18.7 Å². The Kier molecular flexibility index (Phi) is 6.50. The molecule has 2 atom stereocenters. The lowest BCUT2D eigenvalue weighted by Crippen LogP contribution is -2.42. The number of aliphatic hydroxyl groups excluding tert-OH is 2. The molecule has 0 saturated carbocycles. The highest BCUT2D eigenvalue weighted by Gasteiger charge is 2.31. The summed E-state index contributed by atoms with van der Waals surface area (Å²) in [6.07, 6.45) is -6.45. The molecule has 3 rings (SSSR count). The van der Waals surface area contributed by atoms with E-state index in [9.17, 15) is 30.0 Å². The molecule has 0 amide bonds. The molecule has 1 heterocycles. The monoisotopic (exact) mass is 450 g/mol. The van der Waals surface area contributed by atoms with Crippen molar-refractivity contribution in [1.29, 1.82) is 0 Å². The second kappa shape index (κ2) is 9.11. The Labute approximate surface area is 178 Å². The van der Waals surface area contributed by atoms with E-state index in [1.165, 1.54) is 24.3 Å². The number of benzene rings is 2. The molecule has 0 fully saturated rings. The standard InChI is InChI=1S/C20H18O12/c21-7-14(32-18(19(26)27)20(28)29)31-13-6-12-15(17(25)16(13)24)10(23)5-11(30-12)8-1-3-9(22)4-2-8/h1-6,14,18-19,21-22,24-27H,7H2,(H,28,29). The summed E-state index contributed by atoms with van der Waals surface area (Å²) < 4.78 is 15.5. The molecular weight excluding hydrogens is 432 g/mol. The average Bonchev–Trinajstić information content (AvgIpc) is 2.73. The van der Waals surface area contributed by atoms with Gasteiger partial charge in [-0.2, -0.15) is 0 Å². The highest BCUT2D eigenvalue weighted by Crippen LogP contribution is 2.42. The minimum atomic E-state index is -2.45. The fourth-order valence-corrected chi connectivity index (χ4v) is 2.80. The molecule has 0 radical (unpaired) electrons. The highest BCUT2D eigenvalue weighted by atomic mass is 16.7. The van der Waals surface area contributed by atoms with Gasteiger partial charge in [0.1, 0.15) is 29.1 Å². The van der Waals surface area contributed by atoms with Crippen LogP contribution in [0.4, 0.5) is 0 Å². The number of carboxylic acid groups (broad SMARTS) is 1. The molecule has 2 unspecified atom stereocenters. The molecule has 0 aliphatic heterocycles. The fraction of sp³-hybridized carbons (Fsp3) is 0.200. The third-order valence-electron chi connectivity index (χ3n) is 4.30. The zero-order chi connectivity index (χ0) is 23.6. The number of phenols is 3. The van der Waals surface area contributed by atoms with Crippen LogP contribution >= 0.6 is 0 Å². The van der Waals surface area contributed by atoms with Crippen LogP contribution in [-0.4, -0.2) is 67.0 Å². The van der Waals surface area contributed by atoms with Gasteiger partial charge in [0.2, 0.25) is 18.1 Å². The molecule has 12 nitrogen and oxygen atoms in total. The van der Waals surface area contributed by atoms with E-state index in [4.69, 9.17) is 29.2 Å². The van der Waals surface area contributed by atoms with Gasteiger partial charge in [0, 0.05) is 17.7 Å². The molecule has 3 aromatic rings. The number of aromatic hydroxyl groups is 3. The normalized spacial score (nSPS) is 13.2. The maximum Gasteiger partial charge on any atom is 0.338 e. The van der Waals surface area contributed by atoms with E-state index < -0.39 is 53.9 Å². The molecular formula is C20H18O12. The first-order valence-electron chi connectivity index (χ1n) is 8.96. The lowest BCUT2D eigenvalue weighted by atomic mass is 10.1. The zero-order valence-electron chi connectivity index (χ0n) is 16.1. The number of carbonyl (C=O) groups is 1. The fourth-order valence-electron chi connectivity index (χ4n) is 2.80. The van der Waals surface area contributed by atoms with Crippen molar-refractivity contribution in [3.8, 4) is 34.3 Å². The summed E-state index contributed by atoms with van der Waals surface area (Å²) in [5.41, 5.74) is -0.535. The van der Waals surface area contributed by atoms with Gasteiger partial charge in [0.25, 0.3) is 0 Å². The Morgan fingerprint density at radius 1 is 1.03 bits per heavy atom. The van der Waals surface area contributed by atoms with E-state index in [-0.39, 0.29) is 22.5 Å². The van der Waals surface area contributed by atoms with Gasteiger partial charge in [-0.15, -0.1) is 0 Å². The molecule has 1 aromatic heterocycles. The maximum atomic E-state index is 12.5. The summed E-state index contributed by atoms with van der Waals surface area (Å²) in [6.45, 7) is -0.980. The van der Waals surface area contributed by atoms with E-state index in [0.717, 1.165) is 12.1 Å². The summed E-state index contributed by atoms with van der Waals surface area (Å²) in [5.74, 6) is -4.12.